The maximum Gasteiger partial charge on any atom is 0.331 e. The van der Waals surface area contributed by atoms with Gasteiger partial charge in [0.25, 0.3) is 0 Å². The molecule has 0 aromatic rings. The first-order valence-electron chi connectivity index (χ1n) is 5.33. The van der Waals surface area contributed by atoms with Gasteiger partial charge in [-0.15, -0.1) is 0 Å². The van der Waals surface area contributed by atoms with E-state index in [1.54, 1.807) is 0 Å². The van der Waals surface area contributed by atoms with Gasteiger partial charge in [0.2, 0.25) is 0 Å². The van der Waals surface area contributed by atoms with Crippen molar-refractivity contribution in [2.75, 3.05) is 0 Å². The third-order valence-electron chi connectivity index (χ3n) is 2.95. The summed E-state index contributed by atoms with van der Waals surface area (Å²) >= 11 is 0. The molecule has 1 unspecified atom stereocenters. The first kappa shape index (κ1) is 10.1. The molecule has 0 saturated heterocycles. The van der Waals surface area contributed by atoms with Gasteiger partial charge in [-0.2, -0.15) is 0 Å². The number of hydrogen-bond acceptors (Lipinski definition) is 3. The number of carbonyl (C=O) groups excluding carboxylic acids is 2. The molecule has 2 rings (SSSR count). The van der Waals surface area contributed by atoms with Crippen LogP contribution in [0.15, 0.2) is 24.3 Å². The molecule has 0 radical (unpaired) electrons. The molecular formula is C12H14O3. The molecule has 0 fully saturated rings. The molecule has 1 aliphatic carbocycles. The highest BCUT2D eigenvalue weighted by Crippen LogP contribution is 2.31. The predicted molar refractivity (Wildman–Crippen MR) is 55.2 cm³/mol. The molecule has 0 N–H and O–H groups in total. The zero-order valence-corrected chi connectivity index (χ0v) is 8.57. The smallest absolute Gasteiger partial charge is 0.331 e. The fraction of sp³-hybridized carbons (Fsp3) is 0.500. The fourth-order valence-electron chi connectivity index (χ4n) is 2.10. The van der Waals surface area contributed by atoms with Crippen molar-refractivity contribution >= 4 is 11.8 Å². The molecule has 1 aliphatic heterocycles. The average Bonchev–Trinajstić information content (AvgIpc) is 2.18. The van der Waals surface area contributed by atoms with Crippen LogP contribution >= 0.6 is 0 Å². The van der Waals surface area contributed by atoms with Crippen molar-refractivity contribution in [1.82, 2.24) is 0 Å². The summed E-state index contributed by atoms with van der Waals surface area (Å²) in [4.78, 5) is 23.0. The largest absolute Gasteiger partial charge is 0.447 e. The van der Waals surface area contributed by atoms with E-state index >= 15 is 0 Å². The first-order chi connectivity index (χ1) is 7.23. The molecule has 1 atom stereocenters. The Labute approximate surface area is 88.8 Å². The number of ketones is 1. The van der Waals surface area contributed by atoms with Crippen LogP contribution in [0, 0.1) is 0 Å². The molecule has 0 saturated carbocycles. The minimum absolute atomic E-state index is 0.0580. The maximum absolute atomic E-state index is 11.8. The molecule has 80 valence electrons. The van der Waals surface area contributed by atoms with Crippen molar-refractivity contribution in [2.45, 2.75) is 37.7 Å². The Hall–Kier alpha value is -1.38. The zero-order valence-electron chi connectivity index (χ0n) is 8.57. The number of ether oxygens (including phenoxy) is 1. The van der Waals surface area contributed by atoms with Gasteiger partial charge in [-0.05, 0) is 38.2 Å². The highest BCUT2D eigenvalue weighted by Gasteiger charge is 2.41. The summed E-state index contributed by atoms with van der Waals surface area (Å²) in [6.07, 6.45) is 10.6. The zero-order chi connectivity index (χ0) is 10.7. The summed E-state index contributed by atoms with van der Waals surface area (Å²) in [7, 11) is 0. The Balaban J connectivity index is 2.22. The van der Waals surface area contributed by atoms with Gasteiger partial charge in [0.15, 0.2) is 11.4 Å². The summed E-state index contributed by atoms with van der Waals surface area (Å²) in [5.74, 6) is -0.448. The van der Waals surface area contributed by atoms with Gasteiger partial charge in [-0.1, -0.05) is 12.2 Å². The highest BCUT2D eigenvalue weighted by molar-refractivity contribution is 6.05. The van der Waals surface area contributed by atoms with Crippen LogP contribution in [0.1, 0.15) is 32.1 Å². The van der Waals surface area contributed by atoms with Crippen molar-refractivity contribution in [2.24, 2.45) is 0 Å². The minimum atomic E-state index is -0.864. The fourth-order valence-corrected chi connectivity index (χ4v) is 2.10. The van der Waals surface area contributed by atoms with Crippen LogP contribution in [0.5, 0.6) is 0 Å². The molecule has 0 amide bonds. The molecule has 15 heavy (non-hydrogen) atoms. The SMILES string of the molecule is O=C1C=CC(=O)C2(CCC=CCCC2)O1. The van der Waals surface area contributed by atoms with Crippen LogP contribution < -0.4 is 0 Å². The van der Waals surface area contributed by atoms with Crippen molar-refractivity contribution in [3.63, 3.8) is 0 Å². The van der Waals surface area contributed by atoms with Crippen LogP contribution in [0.4, 0.5) is 0 Å². The predicted octanol–water partition coefficient (Wildman–Crippen LogP) is 1.93. The van der Waals surface area contributed by atoms with E-state index in [9.17, 15) is 9.59 Å². The summed E-state index contributed by atoms with van der Waals surface area (Å²) in [6.45, 7) is 0. The second kappa shape index (κ2) is 4.01. The monoisotopic (exact) mass is 206 g/mol. The lowest BCUT2D eigenvalue weighted by atomic mass is 9.84. The van der Waals surface area contributed by atoms with Crippen LogP contribution in [0.3, 0.4) is 0 Å². The maximum atomic E-state index is 11.8. The van der Waals surface area contributed by atoms with Crippen LogP contribution in [-0.2, 0) is 14.3 Å². The van der Waals surface area contributed by atoms with Gasteiger partial charge >= 0.3 is 5.97 Å². The van der Waals surface area contributed by atoms with Crippen LogP contribution in [0.25, 0.3) is 0 Å². The van der Waals surface area contributed by atoms with E-state index in [-0.39, 0.29) is 11.8 Å². The van der Waals surface area contributed by atoms with E-state index < -0.39 is 5.60 Å². The average molecular weight is 206 g/mol. The summed E-state index contributed by atoms with van der Waals surface area (Å²) in [5, 5.41) is 0. The Morgan fingerprint density at radius 3 is 2.73 bits per heavy atom. The molecule has 0 aromatic carbocycles. The lowest BCUT2D eigenvalue weighted by Crippen LogP contribution is -2.44. The number of esters is 1. The van der Waals surface area contributed by atoms with Crippen molar-refractivity contribution in [1.29, 1.82) is 0 Å². The van der Waals surface area contributed by atoms with Crippen molar-refractivity contribution in [3.05, 3.63) is 24.3 Å². The van der Waals surface area contributed by atoms with Gasteiger partial charge in [-0.3, -0.25) is 4.79 Å². The quantitative estimate of drug-likeness (QED) is 0.449. The standard InChI is InChI=1S/C12H14O3/c13-10-6-7-11(14)15-12(10)8-4-2-1-3-5-9-12/h1-2,6-7H,3-5,8-9H2. The lowest BCUT2D eigenvalue weighted by molar-refractivity contribution is -0.165. The molecular weight excluding hydrogens is 192 g/mol. The topological polar surface area (TPSA) is 43.4 Å². The molecule has 3 heteroatoms. The number of hydrogen-bond donors (Lipinski definition) is 0. The minimum Gasteiger partial charge on any atom is -0.447 e. The van der Waals surface area contributed by atoms with Crippen LogP contribution in [0.2, 0.25) is 0 Å². The van der Waals surface area contributed by atoms with E-state index in [0.29, 0.717) is 12.8 Å². The molecule has 0 aromatic heterocycles. The molecule has 1 spiro atoms. The Bertz CT molecular complexity index is 341. The first-order valence-corrected chi connectivity index (χ1v) is 5.33. The normalized spacial score (nSPS) is 31.2. The lowest BCUT2D eigenvalue weighted by Gasteiger charge is -2.33. The summed E-state index contributed by atoms with van der Waals surface area (Å²) in [5.41, 5.74) is -0.864. The van der Waals surface area contributed by atoms with E-state index in [0.717, 1.165) is 19.3 Å². The van der Waals surface area contributed by atoms with Gasteiger partial charge in [0.05, 0.1) is 0 Å². The Kier molecular flexibility index (Phi) is 2.71. The number of rotatable bonds is 0. The van der Waals surface area contributed by atoms with Gasteiger partial charge in [-0.25, -0.2) is 4.79 Å². The molecule has 2 aliphatic rings. The molecule has 3 nitrogen and oxygen atoms in total. The van der Waals surface area contributed by atoms with Crippen LogP contribution in [-0.4, -0.2) is 17.4 Å². The summed E-state index contributed by atoms with van der Waals surface area (Å²) < 4.78 is 5.25. The highest BCUT2D eigenvalue weighted by atomic mass is 16.6. The number of allylic oxidation sites excluding steroid dienone is 2. The van der Waals surface area contributed by atoms with Gasteiger partial charge in [0.1, 0.15) is 0 Å². The van der Waals surface area contributed by atoms with Crippen molar-refractivity contribution < 1.29 is 14.3 Å². The van der Waals surface area contributed by atoms with Gasteiger partial charge < -0.3 is 4.74 Å². The third kappa shape index (κ3) is 2.01. The van der Waals surface area contributed by atoms with Crippen molar-refractivity contribution in [3.8, 4) is 0 Å². The van der Waals surface area contributed by atoms with E-state index in [1.807, 2.05) is 0 Å². The van der Waals surface area contributed by atoms with E-state index in [4.69, 9.17) is 4.74 Å². The summed E-state index contributed by atoms with van der Waals surface area (Å²) in [6, 6.07) is 0. The number of carbonyl (C=O) groups is 2. The molecule has 0 bridgehead atoms. The third-order valence-corrected chi connectivity index (χ3v) is 2.95. The Morgan fingerprint density at radius 2 is 1.87 bits per heavy atom. The second-order valence-corrected chi connectivity index (χ2v) is 4.02. The van der Waals surface area contributed by atoms with E-state index in [1.165, 1.54) is 12.2 Å². The van der Waals surface area contributed by atoms with Gasteiger partial charge in [0, 0.05) is 6.08 Å². The second-order valence-electron chi connectivity index (χ2n) is 4.02. The molecule has 1 heterocycles. The Morgan fingerprint density at radius 1 is 1.07 bits per heavy atom. The van der Waals surface area contributed by atoms with E-state index in [2.05, 4.69) is 12.2 Å².